The van der Waals surface area contributed by atoms with Gasteiger partial charge in [-0.25, -0.2) is 15.0 Å². The SMILES string of the molecule is Cc1cc(C(=O)NC2CC(C)(C)NC(C)(C)C2)ccc1-c1nc2ncncc2[nH]1. The quantitative estimate of drug-likeness (QED) is 0.635. The van der Waals surface area contributed by atoms with Crippen LogP contribution in [0.3, 0.4) is 0 Å². The number of amides is 1. The number of piperidine rings is 1. The third-order valence-corrected chi connectivity index (χ3v) is 5.43. The highest BCUT2D eigenvalue weighted by molar-refractivity contribution is 5.95. The number of carbonyl (C=O) groups excluding carboxylic acids is 1. The molecule has 0 spiro atoms. The number of aryl methyl sites for hydroxylation is 1. The van der Waals surface area contributed by atoms with E-state index in [9.17, 15) is 4.79 Å². The van der Waals surface area contributed by atoms with Crippen molar-refractivity contribution in [2.24, 2.45) is 0 Å². The van der Waals surface area contributed by atoms with E-state index in [1.807, 2.05) is 25.1 Å². The van der Waals surface area contributed by atoms with E-state index >= 15 is 0 Å². The van der Waals surface area contributed by atoms with Gasteiger partial charge in [-0.05, 0) is 65.2 Å². The summed E-state index contributed by atoms with van der Waals surface area (Å²) in [5.74, 6) is 0.695. The van der Waals surface area contributed by atoms with Gasteiger partial charge in [0.15, 0.2) is 5.65 Å². The zero-order valence-electron chi connectivity index (χ0n) is 17.6. The van der Waals surface area contributed by atoms with Crippen LogP contribution >= 0.6 is 0 Å². The number of nitrogens with one attached hydrogen (secondary N) is 3. The van der Waals surface area contributed by atoms with Gasteiger partial charge in [-0.3, -0.25) is 4.79 Å². The Morgan fingerprint density at radius 1 is 1.17 bits per heavy atom. The van der Waals surface area contributed by atoms with Crippen molar-refractivity contribution in [3.8, 4) is 11.4 Å². The first-order valence-electron chi connectivity index (χ1n) is 9.99. The van der Waals surface area contributed by atoms with Gasteiger partial charge in [0.05, 0.1) is 6.20 Å². The lowest BCUT2D eigenvalue weighted by Crippen LogP contribution is -2.62. The van der Waals surface area contributed by atoms with Gasteiger partial charge in [-0.1, -0.05) is 6.07 Å². The van der Waals surface area contributed by atoms with Gasteiger partial charge in [0, 0.05) is 28.2 Å². The fraction of sp³-hybridized carbons (Fsp3) is 0.455. The molecule has 0 atom stereocenters. The number of carbonyl (C=O) groups is 1. The van der Waals surface area contributed by atoms with E-state index in [0.717, 1.165) is 35.3 Å². The van der Waals surface area contributed by atoms with Gasteiger partial charge < -0.3 is 15.6 Å². The predicted octanol–water partition coefficient (Wildman–Crippen LogP) is 3.37. The van der Waals surface area contributed by atoms with Crippen LogP contribution < -0.4 is 10.6 Å². The maximum Gasteiger partial charge on any atom is 0.251 e. The van der Waals surface area contributed by atoms with Gasteiger partial charge in [0.1, 0.15) is 17.7 Å². The van der Waals surface area contributed by atoms with Crippen molar-refractivity contribution in [3.05, 3.63) is 41.9 Å². The molecule has 1 aromatic carbocycles. The number of fused-ring (bicyclic) bond motifs is 1. The minimum atomic E-state index is -0.0337. The van der Waals surface area contributed by atoms with Gasteiger partial charge in [0.25, 0.3) is 5.91 Å². The molecule has 3 aromatic rings. The van der Waals surface area contributed by atoms with Gasteiger partial charge >= 0.3 is 0 Å². The van der Waals surface area contributed by atoms with E-state index < -0.39 is 0 Å². The number of rotatable bonds is 3. The summed E-state index contributed by atoms with van der Waals surface area (Å²) in [6.07, 6.45) is 4.99. The van der Waals surface area contributed by atoms with E-state index in [4.69, 9.17) is 0 Å². The highest BCUT2D eigenvalue weighted by Crippen LogP contribution is 2.29. The molecule has 152 valence electrons. The summed E-state index contributed by atoms with van der Waals surface area (Å²) in [5.41, 5.74) is 4.00. The molecule has 0 bridgehead atoms. The summed E-state index contributed by atoms with van der Waals surface area (Å²) < 4.78 is 0. The lowest BCUT2D eigenvalue weighted by Gasteiger charge is -2.46. The fourth-order valence-electron chi connectivity index (χ4n) is 4.65. The Bertz CT molecular complexity index is 1020. The van der Waals surface area contributed by atoms with Crippen LogP contribution in [0.2, 0.25) is 0 Å². The first-order chi connectivity index (χ1) is 13.6. The molecule has 1 aliphatic heterocycles. The summed E-state index contributed by atoms with van der Waals surface area (Å²) in [7, 11) is 0. The molecular formula is C22H28N6O. The van der Waals surface area contributed by atoms with Crippen LogP contribution in [0.5, 0.6) is 0 Å². The van der Waals surface area contributed by atoms with Crippen LogP contribution in [0, 0.1) is 6.92 Å². The summed E-state index contributed by atoms with van der Waals surface area (Å²) >= 11 is 0. The van der Waals surface area contributed by atoms with Gasteiger partial charge in [-0.2, -0.15) is 0 Å². The Labute approximate surface area is 170 Å². The van der Waals surface area contributed by atoms with Crippen LogP contribution in [0.25, 0.3) is 22.6 Å². The van der Waals surface area contributed by atoms with E-state index in [2.05, 4.69) is 58.3 Å². The molecular weight excluding hydrogens is 364 g/mol. The lowest BCUT2D eigenvalue weighted by atomic mass is 9.79. The Morgan fingerprint density at radius 3 is 2.55 bits per heavy atom. The van der Waals surface area contributed by atoms with E-state index in [-0.39, 0.29) is 23.0 Å². The maximum atomic E-state index is 12.9. The normalized spacial score (nSPS) is 18.7. The fourth-order valence-corrected chi connectivity index (χ4v) is 4.65. The molecule has 1 aliphatic rings. The van der Waals surface area contributed by atoms with Crippen molar-refractivity contribution in [2.75, 3.05) is 0 Å². The summed E-state index contributed by atoms with van der Waals surface area (Å²) in [6.45, 7) is 10.7. The molecule has 7 heteroatoms. The van der Waals surface area contributed by atoms with E-state index in [1.54, 1.807) is 6.20 Å². The highest BCUT2D eigenvalue weighted by atomic mass is 16.1. The van der Waals surface area contributed by atoms with E-state index in [1.165, 1.54) is 6.33 Å². The molecule has 29 heavy (non-hydrogen) atoms. The third-order valence-electron chi connectivity index (χ3n) is 5.43. The standard InChI is InChI=1S/C22H28N6O/c1-13-8-14(20(29)25-15-9-21(2,3)28-22(4,5)10-15)6-7-16(13)18-26-17-11-23-12-24-19(17)27-18/h6-8,11-12,15,28H,9-10H2,1-5H3,(H,25,29)(H,23,24,26,27). The zero-order chi connectivity index (χ0) is 20.8. The number of nitrogens with zero attached hydrogens (tertiary/aromatic N) is 3. The van der Waals surface area contributed by atoms with Gasteiger partial charge in [-0.15, -0.1) is 0 Å². The first kappa shape index (κ1) is 19.5. The largest absolute Gasteiger partial charge is 0.349 e. The number of imidazole rings is 1. The zero-order valence-corrected chi connectivity index (χ0v) is 17.6. The Kier molecular flexibility index (Phi) is 4.65. The molecule has 3 heterocycles. The monoisotopic (exact) mass is 392 g/mol. The highest BCUT2D eigenvalue weighted by Gasteiger charge is 2.38. The minimum Gasteiger partial charge on any atom is -0.349 e. The number of hydrogen-bond acceptors (Lipinski definition) is 5. The van der Waals surface area contributed by atoms with Crippen LogP contribution in [0.4, 0.5) is 0 Å². The minimum absolute atomic E-state index is 0.0103. The smallest absolute Gasteiger partial charge is 0.251 e. The number of hydrogen-bond donors (Lipinski definition) is 3. The van der Waals surface area contributed by atoms with Crippen molar-refractivity contribution in [1.82, 2.24) is 30.6 Å². The predicted molar refractivity (Wildman–Crippen MR) is 114 cm³/mol. The maximum absolute atomic E-state index is 12.9. The molecule has 1 amide bonds. The lowest BCUT2D eigenvalue weighted by molar-refractivity contribution is 0.0873. The Balaban J connectivity index is 1.53. The Morgan fingerprint density at radius 2 is 1.90 bits per heavy atom. The second-order valence-corrected chi connectivity index (χ2v) is 9.35. The average Bonchev–Trinajstić information content (AvgIpc) is 3.02. The average molecular weight is 393 g/mol. The molecule has 0 saturated carbocycles. The molecule has 0 aliphatic carbocycles. The molecule has 2 aromatic heterocycles. The molecule has 3 N–H and O–H groups in total. The van der Waals surface area contributed by atoms with E-state index in [0.29, 0.717) is 11.2 Å². The second kappa shape index (κ2) is 6.91. The summed E-state index contributed by atoms with van der Waals surface area (Å²) in [5, 5.41) is 6.88. The number of H-pyrrole nitrogens is 1. The summed E-state index contributed by atoms with van der Waals surface area (Å²) in [4.78, 5) is 28.9. The number of benzene rings is 1. The van der Waals surface area contributed by atoms with Crippen LogP contribution in [0.15, 0.2) is 30.7 Å². The molecule has 4 rings (SSSR count). The number of aromatic nitrogens is 4. The van der Waals surface area contributed by atoms with Crippen LogP contribution in [0.1, 0.15) is 56.5 Å². The van der Waals surface area contributed by atoms with Crippen LogP contribution in [-0.4, -0.2) is 43.0 Å². The van der Waals surface area contributed by atoms with Crippen molar-refractivity contribution < 1.29 is 4.79 Å². The Hall–Kier alpha value is -2.80. The second-order valence-electron chi connectivity index (χ2n) is 9.35. The van der Waals surface area contributed by atoms with Crippen molar-refractivity contribution >= 4 is 17.1 Å². The van der Waals surface area contributed by atoms with Crippen molar-refractivity contribution in [1.29, 1.82) is 0 Å². The molecule has 0 radical (unpaired) electrons. The summed E-state index contributed by atoms with van der Waals surface area (Å²) in [6, 6.07) is 5.85. The van der Waals surface area contributed by atoms with Crippen LogP contribution in [-0.2, 0) is 0 Å². The topological polar surface area (TPSA) is 95.6 Å². The first-order valence-corrected chi connectivity index (χ1v) is 9.99. The van der Waals surface area contributed by atoms with Crippen molar-refractivity contribution in [2.45, 2.75) is 64.6 Å². The van der Waals surface area contributed by atoms with Crippen molar-refractivity contribution in [3.63, 3.8) is 0 Å². The molecule has 1 saturated heterocycles. The molecule has 7 nitrogen and oxygen atoms in total. The van der Waals surface area contributed by atoms with Gasteiger partial charge in [0.2, 0.25) is 0 Å². The number of aromatic amines is 1. The molecule has 1 fully saturated rings. The molecule has 0 unspecified atom stereocenters. The third kappa shape index (κ3) is 4.15.